The van der Waals surface area contributed by atoms with E-state index >= 15 is 0 Å². The fourth-order valence-electron chi connectivity index (χ4n) is 2.11. The minimum atomic E-state index is -0.599. The van der Waals surface area contributed by atoms with Crippen molar-refractivity contribution in [1.82, 2.24) is 9.80 Å². The van der Waals surface area contributed by atoms with Crippen molar-refractivity contribution < 1.29 is 14.4 Å². The van der Waals surface area contributed by atoms with Gasteiger partial charge in [-0.3, -0.25) is 19.4 Å². The number of hydrogen-bond acceptors (Lipinski definition) is 3. The molecule has 20 heavy (non-hydrogen) atoms. The Bertz CT molecular complexity index is 440. The van der Waals surface area contributed by atoms with Gasteiger partial charge < -0.3 is 0 Å². The van der Waals surface area contributed by atoms with Crippen LogP contribution < -0.4 is 0 Å². The van der Waals surface area contributed by atoms with Gasteiger partial charge in [0.05, 0.1) is 0 Å². The van der Waals surface area contributed by atoms with Crippen molar-refractivity contribution in [3.8, 4) is 0 Å². The van der Waals surface area contributed by atoms with E-state index < -0.39 is 17.8 Å². The van der Waals surface area contributed by atoms with Crippen LogP contribution in [0.2, 0.25) is 0 Å². The zero-order valence-electron chi connectivity index (χ0n) is 12.5. The maximum Gasteiger partial charge on any atom is 0.333 e. The van der Waals surface area contributed by atoms with Crippen LogP contribution >= 0.6 is 0 Å². The van der Waals surface area contributed by atoms with Crippen molar-refractivity contribution in [2.24, 2.45) is 5.92 Å². The lowest BCUT2D eigenvalue weighted by Gasteiger charge is -2.28. The number of nitrogens with zero attached hydrogens (tertiary/aromatic N) is 2. The van der Waals surface area contributed by atoms with E-state index in [0.717, 1.165) is 29.1 Å². The van der Waals surface area contributed by atoms with E-state index in [4.69, 9.17) is 0 Å². The summed E-state index contributed by atoms with van der Waals surface area (Å²) in [6.45, 7) is 4.23. The van der Waals surface area contributed by atoms with Crippen molar-refractivity contribution in [2.75, 3.05) is 14.1 Å². The number of hydrogen-bond donors (Lipinski definition) is 0. The molecule has 5 nitrogen and oxygen atoms in total. The largest absolute Gasteiger partial charge is 0.333 e. The van der Waals surface area contributed by atoms with Crippen molar-refractivity contribution in [3.05, 3.63) is 23.8 Å². The van der Waals surface area contributed by atoms with Gasteiger partial charge in [-0.25, -0.2) is 4.79 Å². The van der Waals surface area contributed by atoms with Gasteiger partial charge in [0.15, 0.2) is 0 Å². The van der Waals surface area contributed by atoms with Gasteiger partial charge in [-0.05, 0) is 24.8 Å². The molecule has 0 saturated carbocycles. The van der Waals surface area contributed by atoms with Gasteiger partial charge in [-0.1, -0.05) is 32.4 Å². The molecule has 0 N–H and O–H groups in total. The normalized spacial score (nSPS) is 18.2. The van der Waals surface area contributed by atoms with E-state index in [2.05, 4.69) is 13.8 Å². The molecule has 0 spiro atoms. The quantitative estimate of drug-likeness (QED) is 0.573. The highest BCUT2D eigenvalue weighted by molar-refractivity contribution is 6.28. The second kappa shape index (κ2) is 7.03. The number of carbonyl (C=O) groups is 3. The topological polar surface area (TPSA) is 57.7 Å². The average molecular weight is 278 g/mol. The number of urea groups is 1. The second-order valence-corrected chi connectivity index (χ2v) is 4.93. The lowest BCUT2D eigenvalue weighted by Crippen LogP contribution is -2.52. The third-order valence-electron chi connectivity index (χ3n) is 3.47. The number of allylic oxidation sites excluding steroid dienone is 3. The van der Waals surface area contributed by atoms with E-state index in [0.29, 0.717) is 5.92 Å². The lowest BCUT2D eigenvalue weighted by atomic mass is 10.00. The number of imide groups is 2. The molecule has 1 aliphatic heterocycles. The van der Waals surface area contributed by atoms with Crippen LogP contribution in [0.5, 0.6) is 0 Å². The molecule has 1 heterocycles. The maximum absolute atomic E-state index is 11.9. The van der Waals surface area contributed by atoms with Crippen LogP contribution in [0.1, 0.15) is 33.1 Å². The minimum Gasteiger partial charge on any atom is -0.268 e. The number of carbonyl (C=O) groups excluding carboxylic acids is 3. The Kier molecular flexibility index (Phi) is 5.67. The zero-order valence-corrected chi connectivity index (χ0v) is 12.5. The molecular formula is C15H22N2O3. The lowest BCUT2D eigenvalue weighted by molar-refractivity contribution is -0.134. The third kappa shape index (κ3) is 3.35. The van der Waals surface area contributed by atoms with Crippen LogP contribution in [0, 0.1) is 5.92 Å². The van der Waals surface area contributed by atoms with Crippen molar-refractivity contribution >= 4 is 17.8 Å². The van der Waals surface area contributed by atoms with Crippen LogP contribution in [0.3, 0.4) is 0 Å². The summed E-state index contributed by atoms with van der Waals surface area (Å²) >= 11 is 0. The van der Waals surface area contributed by atoms with Crippen LogP contribution in [-0.4, -0.2) is 41.7 Å². The molecule has 1 unspecified atom stereocenters. The summed E-state index contributed by atoms with van der Waals surface area (Å²) in [6.07, 6.45) is 8.45. The van der Waals surface area contributed by atoms with Crippen LogP contribution in [0.4, 0.5) is 4.79 Å². The Hall–Kier alpha value is -1.91. The van der Waals surface area contributed by atoms with Gasteiger partial charge in [0, 0.05) is 14.1 Å². The first-order valence-corrected chi connectivity index (χ1v) is 6.92. The fraction of sp³-hybridized carbons (Fsp3) is 0.533. The van der Waals surface area contributed by atoms with Crippen molar-refractivity contribution in [3.63, 3.8) is 0 Å². The van der Waals surface area contributed by atoms with E-state index in [1.54, 1.807) is 6.08 Å². The molecule has 0 bridgehead atoms. The Morgan fingerprint density at radius 1 is 1.05 bits per heavy atom. The standard InChI is InChI=1S/C15H22N2O3/c1-5-8-11(6-2)9-7-10-12-13(18)16(3)15(20)17(4)14(12)19/h7,9-11H,5-6,8H2,1-4H3/b9-7+. The van der Waals surface area contributed by atoms with Gasteiger partial charge in [-0.15, -0.1) is 0 Å². The summed E-state index contributed by atoms with van der Waals surface area (Å²) in [6, 6.07) is -0.599. The predicted octanol–water partition coefficient (Wildman–Crippen LogP) is 2.35. The molecular weight excluding hydrogens is 256 g/mol. The molecule has 0 aliphatic carbocycles. The Labute approximate surface area is 119 Å². The summed E-state index contributed by atoms with van der Waals surface area (Å²) < 4.78 is 0. The monoisotopic (exact) mass is 278 g/mol. The molecule has 1 atom stereocenters. The molecule has 1 rings (SSSR count). The molecule has 0 radical (unpaired) electrons. The van der Waals surface area contributed by atoms with E-state index in [9.17, 15) is 14.4 Å². The number of rotatable bonds is 5. The average Bonchev–Trinajstić information content (AvgIpc) is 2.45. The summed E-state index contributed by atoms with van der Waals surface area (Å²) in [5.41, 5.74) is 0.0252. The summed E-state index contributed by atoms with van der Waals surface area (Å²) in [5.74, 6) is -0.652. The first-order chi connectivity index (χ1) is 9.43. The van der Waals surface area contributed by atoms with Gasteiger partial charge >= 0.3 is 6.03 Å². The van der Waals surface area contributed by atoms with Crippen LogP contribution in [0.25, 0.3) is 0 Å². The first kappa shape index (κ1) is 16.1. The molecule has 110 valence electrons. The zero-order chi connectivity index (χ0) is 15.3. The fourth-order valence-corrected chi connectivity index (χ4v) is 2.11. The highest BCUT2D eigenvalue weighted by Crippen LogP contribution is 2.16. The van der Waals surface area contributed by atoms with E-state index in [1.807, 2.05) is 6.08 Å². The van der Waals surface area contributed by atoms with Gasteiger partial charge in [-0.2, -0.15) is 0 Å². The molecule has 0 aromatic rings. The van der Waals surface area contributed by atoms with Gasteiger partial charge in [0.2, 0.25) is 0 Å². The molecule has 1 aliphatic rings. The van der Waals surface area contributed by atoms with Gasteiger partial charge in [0.1, 0.15) is 5.57 Å². The first-order valence-electron chi connectivity index (χ1n) is 6.92. The van der Waals surface area contributed by atoms with Crippen LogP contribution in [0.15, 0.2) is 23.8 Å². The molecule has 0 aromatic heterocycles. The summed E-state index contributed by atoms with van der Waals surface area (Å²) in [5, 5.41) is 0. The molecule has 4 amide bonds. The molecule has 5 heteroatoms. The van der Waals surface area contributed by atoms with Crippen LogP contribution in [-0.2, 0) is 9.59 Å². The SMILES string of the molecule is CCCC(/C=C/C=C1C(=O)N(C)C(=O)N(C)C1=O)CC. The molecule has 1 saturated heterocycles. The Morgan fingerprint density at radius 2 is 1.60 bits per heavy atom. The number of likely N-dealkylation sites (N-methyl/N-ethyl adjacent to an activating group) is 2. The van der Waals surface area contributed by atoms with Crippen molar-refractivity contribution in [1.29, 1.82) is 0 Å². The highest BCUT2D eigenvalue weighted by atomic mass is 16.2. The van der Waals surface area contributed by atoms with Gasteiger partial charge in [0.25, 0.3) is 11.8 Å². The molecule has 0 aromatic carbocycles. The minimum absolute atomic E-state index is 0.0252. The number of barbiturate groups is 1. The number of amides is 4. The molecule has 1 fully saturated rings. The summed E-state index contributed by atoms with van der Waals surface area (Å²) in [7, 11) is 2.74. The Morgan fingerprint density at radius 3 is 2.05 bits per heavy atom. The van der Waals surface area contributed by atoms with E-state index in [1.165, 1.54) is 20.2 Å². The third-order valence-corrected chi connectivity index (χ3v) is 3.47. The highest BCUT2D eigenvalue weighted by Gasteiger charge is 2.37. The van der Waals surface area contributed by atoms with E-state index in [-0.39, 0.29) is 5.57 Å². The Balaban J connectivity index is 2.90. The second-order valence-electron chi connectivity index (χ2n) is 4.93. The predicted molar refractivity (Wildman–Crippen MR) is 76.8 cm³/mol. The smallest absolute Gasteiger partial charge is 0.268 e. The summed E-state index contributed by atoms with van der Waals surface area (Å²) in [4.78, 5) is 37.3. The van der Waals surface area contributed by atoms with Crippen molar-refractivity contribution in [2.45, 2.75) is 33.1 Å². The maximum atomic E-state index is 11.9.